The predicted octanol–water partition coefficient (Wildman–Crippen LogP) is 4.91. The molecule has 0 bridgehead atoms. The Hall–Kier alpha value is -2.93. The molecule has 0 spiro atoms. The van der Waals surface area contributed by atoms with E-state index in [4.69, 9.17) is 25.8 Å². The van der Waals surface area contributed by atoms with E-state index in [0.717, 1.165) is 47.7 Å². The lowest BCUT2D eigenvalue weighted by Gasteiger charge is -2.32. The number of carbonyl (C=O) groups excluding carboxylic acids is 2. The van der Waals surface area contributed by atoms with E-state index in [2.05, 4.69) is 0 Å². The van der Waals surface area contributed by atoms with Gasteiger partial charge in [-0.3, -0.25) is 4.79 Å². The highest BCUT2D eigenvalue weighted by atomic mass is 35.5. The molecule has 0 radical (unpaired) electrons. The number of rotatable bonds is 10. The topological polar surface area (TPSA) is 114 Å². The smallest absolute Gasteiger partial charge is 0.410 e. The Morgan fingerprint density at radius 2 is 1.67 bits per heavy atom. The molecular weight excluding hydrogens is 601 g/mol. The molecule has 0 unspecified atom stereocenters. The minimum atomic E-state index is -4.25. The zero-order chi connectivity index (χ0) is 30.4. The second kappa shape index (κ2) is 14.2. The first kappa shape index (κ1) is 31.5. The SMILES string of the molecule is O=C(NS(=O)(=O)N1CC[C@H](OC2CCN(C(=O)OCc3ccccc3)CC2)C1)c1cc(Cl)c(OCC2CCCC2)cc1F. The molecule has 2 aromatic carbocycles. The van der Waals surface area contributed by atoms with Crippen molar-refractivity contribution in [2.75, 3.05) is 32.8 Å². The van der Waals surface area contributed by atoms with E-state index in [-0.39, 0.29) is 48.8 Å². The average molecular weight is 638 g/mol. The number of hydrogen-bond acceptors (Lipinski definition) is 7. The van der Waals surface area contributed by atoms with Crippen LogP contribution in [0.4, 0.5) is 9.18 Å². The third-order valence-electron chi connectivity index (χ3n) is 8.18. The van der Waals surface area contributed by atoms with Gasteiger partial charge in [-0.1, -0.05) is 54.8 Å². The molecule has 0 aromatic heterocycles. The first-order valence-electron chi connectivity index (χ1n) is 14.7. The number of amides is 2. The summed E-state index contributed by atoms with van der Waals surface area (Å²) in [6.07, 6.45) is 5.14. The van der Waals surface area contributed by atoms with Gasteiger partial charge in [0.05, 0.1) is 29.4 Å². The maximum Gasteiger partial charge on any atom is 0.410 e. The maximum absolute atomic E-state index is 14.8. The Bertz CT molecular complexity index is 1380. The number of carbonyl (C=O) groups is 2. The van der Waals surface area contributed by atoms with Gasteiger partial charge < -0.3 is 19.1 Å². The van der Waals surface area contributed by atoms with Gasteiger partial charge in [0.1, 0.15) is 18.2 Å². The van der Waals surface area contributed by atoms with E-state index < -0.39 is 27.5 Å². The molecule has 1 aliphatic carbocycles. The summed E-state index contributed by atoms with van der Waals surface area (Å²) in [6.45, 7) is 1.77. The second-order valence-electron chi connectivity index (χ2n) is 11.3. The van der Waals surface area contributed by atoms with Crippen molar-refractivity contribution in [2.24, 2.45) is 5.92 Å². The third-order valence-corrected chi connectivity index (χ3v) is 9.93. The minimum absolute atomic E-state index is 0.0343. The Labute approximate surface area is 256 Å². The van der Waals surface area contributed by atoms with Gasteiger partial charge in [0.2, 0.25) is 0 Å². The van der Waals surface area contributed by atoms with E-state index in [1.54, 1.807) is 4.90 Å². The Balaban J connectivity index is 1.06. The van der Waals surface area contributed by atoms with Crippen molar-refractivity contribution in [3.8, 4) is 5.75 Å². The molecule has 234 valence electrons. The van der Waals surface area contributed by atoms with Crippen molar-refractivity contribution < 1.29 is 36.6 Å². The highest BCUT2D eigenvalue weighted by molar-refractivity contribution is 7.87. The molecular formula is C30H37ClFN3O7S. The minimum Gasteiger partial charge on any atom is -0.492 e. The zero-order valence-electron chi connectivity index (χ0n) is 23.9. The molecule has 3 fully saturated rings. The average Bonchev–Trinajstić information content (AvgIpc) is 3.70. The van der Waals surface area contributed by atoms with Crippen molar-refractivity contribution >= 4 is 33.8 Å². The maximum atomic E-state index is 14.8. The molecule has 1 N–H and O–H groups in total. The van der Waals surface area contributed by atoms with Crippen molar-refractivity contribution in [1.82, 2.24) is 13.9 Å². The van der Waals surface area contributed by atoms with Gasteiger partial charge in [-0.05, 0) is 49.7 Å². The molecule has 2 amide bonds. The number of halogens is 2. The Morgan fingerprint density at radius 3 is 2.40 bits per heavy atom. The summed E-state index contributed by atoms with van der Waals surface area (Å²) >= 11 is 6.23. The summed E-state index contributed by atoms with van der Waals surface area (Å²) < 4.78 is 61.0. The van der Waals surface area contributed by atoms with Gasteiger partial charge in [0.15, 0.2) is 0 Å². The van der Waals surface area contributed by atoms with Gasteiger partial charge in [0.25, 0.3) is 5.91 Å². The summed E-state index contributed by atoms with van der Waals surface area (Å²) in [6, 6.07) is 11.6. The quantitative estimate of drug-likeness (QED) is 0.394. The first-order chi connectivity index (χ1) is 20.7. The molecule has 2 aliphatic heterocycles. The van der Waals surface area contributed by atoms with Crippen LogP contribution in [-0.4, -0.2) is 74.6 Å². The fraction of sp³-hybridized carbons (Fsp3) is 0.533. The van der Waals surface area contributed by atoms with E-state index in [1.807, 2.05) is 35.1 Å². The van der Waals surface area contributed by atoms with Crippen molar-refractivity contribution in [3.63, 3.8) is 0 Å². The number of hydrogen-bond donors (Lipinski definition) is 1. The summed E-state index contributed by atoms with van der Waals surface area (Å²) in [5.41, 5.74) is 0.431. The van der Waals surface area contributed by atoms with Gasteiger partial charge in [-0.15, -0.1) is 0 Å². The van der Waals surface area contributed by atoms with Crippen LogP contribution in [0.3, 0.4) is 0 Å². The number of piperidine rings is 1. The molecule has 5 rings (SSSR count). The van der Waals surface area contributed by atoms with Crippen LogP contribution in [0.5, 0.6) is 5.75 Å². The van der Waals surface area contributed by atoms with Crippen LogP contribution in [-0.2, 0) is 26.3 Å². The van der Waals surface area contributed by atoms with E-state index in [0.29, 0.717) is 44.9 Å². The monoisotopic (exact) mass is 637 g/mol. The van der Waals surface area contributed by atoms with Crippen LogP contribution in [0, 0.1) is 11.7 Å². The molecule has 43 heavy (non-hydrogen) atoms. The normalized spacial score (nSPS) is 20.3. The van der Waals surface area contributed by atoms with Gasteiger partial charge in [-0.25, -0.2) is 13.9 Å². The number of likely N-dealkylation sites (tertiary alicyclic amines) is 1. The fourth-order valence-corrected chi connectivity index (χ4v) is 7.12. The van der Waals surface area contributed by atoms with Crippen LogP contribution in [0.15, 0.2) is 42.5 Å². The number of benzene rings is 2. The number of ether oxygens (including phenoxy) is 3. The Kier molecular flexibility index (Phi) is 10.4. The summed E-state index contributed by atoms with van der Waals surface area (Å²) in [5, 5.41) is 0.0343. The fourth-order valence-electron chi connectivity index (χ4n) is 5.72. The van der Waals surface area contributed by atoms with Gasteiger partial charge >= 0.3 is 16.3 Å². The van der Waals surface area contributed by atoms with E-state index in [9.17, 15) is 22.4 Å². The summed E-state index contributed by atoms with van der Waals surface area (Å²) in [5.74, 6) is -1.52. The molecule has 2 heterocycles. The molecule has 2 aromatic rings. The molecule has 13 heteroatoms. The number of nitrogens with zero attached hydrogens (tertiary/aromatic N) is 2. The van der Waals surface area contributed by atoms with E-state index >= 15 is 0 Å². The van der Waals surface area contributed by atoms with Crippen LogP contribution in [0.2, 0.25) is 5.02 Å². The van der Waals surface area contributed by atoms with Gasteiger partial charge in [-0.2, -0.15) is 12.7 Å². The Morgan fingerprint density at radius 1 is 0.977 bits per heavy atom. The third kappa shape index (κ3) is 8.37. The van der Waals surface area contributed by atoms with Crippen LogP contribution < -0.4 is 9.46 Å². The lowest BCUT2D eigenvalue weighted by molar-refractivity contribution is -0.0348. The molecule has 2 saturated heterocycles. The van der Waals surface area contributed by atoms with Crippen LogP contribution in [0.25, 0.3) is 0 Å². The summed E-state index contributed by atoms with van der Waals surface area (Å²) in [7, 11) is -4.25. The second-order valence-corrected chi connectivity index (χ2v) is 13.4. The molecule has 1 saturated carbocycles. The lowest BCUT2D eigenvalue weighted by atomic mass is 10.1. The van der Waals surface area contributed by atoms with Crippen molar-refractivity contribution in [2.45, 2.75) is 63.8 Å². The zero-order valence-corrected chi connectivity index (χ0v) is 25.5. The molecule has 1 atom stereocenters. The van der Waals surface area contributed by atoms with Crippen LogP contribution in [0.1, 0.15) is 60.9 Å². The standard InChI is InChI=1S/C30H37ClFN3O7S/c31-26-16-25(27(32)17-28(26)40-19-21-8-4-5-9-21)29(36)33-43(38,39)35-15-12-24(18-35)42-23-10-13-34(14-11-23)30(37)41-20-22-6-2-1-3-7-22/h1-3,6-7,16-17,21,23-24H,4-5,8-15,18-20H2,(H,33,36)/t24-/m0/s1. The highest BCUT2D eigenvalue weighted by Crippen LogP contribution is 2.31. The molecule has 10 nitrogen and oxygen atoms in total. The van der Waals surface area contributed by atoms with Crippen molar-refractivity contribution in [3.05, 3.63) is 64.4 Å². The van der Waals surface area contributed by atoms with Crippen molar-refractivity contribution in [1.29, 1.82) is 0 Å². The number of nitrogens with one attached hydrogen (secondary N) is 1. The summed E-state index contributed by atoms with van der Waals surface area (Å²) in [4.78, 5) is 26.8. The van der Waals surface area contributed by atoms with Gasteiger partial charge in [0, 0.05) is 32.2 Å². The predicted molar refractivity (Wildman–Crippen MR) is 158 cm³/mol. The highest BCUT2D eigenvalue weighted by Gasteiger charge is 2.36. The molecule has 3 aliphatic rings. The van der Waals surface area contributed by atoms with E-state index in [1.165, 1.54) is 0 Å². The largest absolute Gasteiger partial charge is 0.492 e. The lowest BCUT2D eigenvalue weighted by Crippen LogP contribution is -2.44. The van der Waals surface area contributed by atoms with Crippen LogP contribution >= 0.6 is 11.6 Å². The first-order valence-corrected chi connectivity index (χ1v) is 16.5.